The fraction of sp³-hybridized carbons (Fsp3) is 0.381. The molecular weight excluding hydrogens is 368 g/mol. The monoisotopic (exact) mass is 394 g/mol. The van der Waals surface area contributed by atoms with Crippen LogP contribution in [-0.4, -0.2) is 42.5 Å². The van der Waals surface area contributed by atoms with Gasteiger partial charge in [-0.05, 0) is 56.6 Å². The van der Waals surface area contributed by atoms with Crippen LogP contribution < -0.4 is 26.6 Å². The number of pyridine rings is 1. The van der Waals surface area contributed by atoms with E-state index in [4.69, 9.17) is 5.73 Å². The van der Waals surface area contributed by atoms with Gasteiger partial charge in [-0.1, -0.05) is 0 Å². The average molecular weight is 394 g/mol. The molecule has 152 valence electrons. The Morgan fingerprint density at radius 2 is 1.97 bits per heavy atom. The van der Waals surface area contributed by atoms with Crippen molar-refractivity contribution in [2.24, 2.45) is 5.73 Å². The number of hydrogen-bond acceptors (Lipinski definition) is 6. The van der Waals surface area contributed by atoms with E-state index in [1.807, 2.05) is 35.2 Å². The molecule has 1 aromatic carbocycles. The second-order valence-electron chi connectivity index (χ2n) is 7.47. The van der Waals surface area contributed by atoms with Crippen LogP contribution in [0.2, 0.25) is 0 Å². The van der Waals surface area contributed by atoms with E-state index in [1.54, 1.807) is 0 Å². The van der Waals surface area contributed by atoms with Crippen molar-refractivity contribution in [1.82, 2.24) is 10.3 Å². The maximum Gasteiger partial charge on any atom is 0.252 e. The van der Waals surface area contributed by atoms with Crippen molar-refractivity contribution < 1.29 is 9.59 Å². The first-order chi connectivity index (χ1) is 14.1. The number of carbonyl (C=O) groups excluding carboxylic acids is 2. The molecule has 2 fully saturated rings. The molecule has 0 atom stereocenters. The maximum atomic E-state index is 11.9. The van der Waals surface area contributed by atoms with E-state index >= 15 is 0 Å². The summed E-state index contributed by atoms with van der Waals surface area (Å²) in [5, 5.41) is 10.0. The van der Waals surface area contributed by atoms with Gasteiger partial charge in [0.25, 0.3) is 5.91 Å². The Bertz CT molecular complexity index is 893. The zero-order valence-electron chi connectivity index (χ0n) is 16.3. The van der Waals surface area contributed by atoms with Crippen molar-refractivity contribution >= 4 is 34.7 Å². The summed E-state index contributed by atoms with van der Waals surface area (Å²) >= 11 is 0. The summed E-state index contributed by atoms with van der Waals surface area (Å²) in [4.78, 5) is 29.8. The Balaban J connectivity index is 1.49. The van der Waals surface area contributed by atoms with Gasteiger partial charge in [-0.25, -0.2) is 4.98 Å². The van der Waals surface area contributed by atoms with E-state index in [2.05, 4.69) is 20.9 Å². The molecule has 0 aliphatic carbocycles. The molecule has 4 rings (SSSR count). The van der Waals surface area contributed by atoms with E-state index < -0.39 is 5.91 Å². The number of benzene rings is 1. The molecule has 2 aliphatic heterocycles. The maximum absolute atomic E-state index is 11.9. The fourth-order valence-electron chi connectivity index (χ4n) is 3.82. The molecule has 0 spiro atoms. The lowest BCUT2D eigenvalue weighted by Crippen LogP contribution is -2.35. The molecule has 29 heavy (non-hydrogen) atoms. The summed E-state index contributed by atoms with van der Waals surface area (Å²) < 4.78 is 0. The van der Waals surface area contributed by atoms with E-state index in [-0.39, 0.29) is 5.91 Å². The van der Waals surface area contributed by atoms with Crippen molar-refractivity contribution in [2.45, 2.75) is 31.7 Å². The number of amides is 2. The molecule has 8 heteroatoms. The number of rotatable bonds is 6. The lowest BCUT2D eigenvalue weighted by atomic mass is 10.1. The van der Waals surface area contributed by atoms with Crippen LogP contribution in [0.4, 0.5) is 22.9 Å². The first kappa shape index (κ1) is 19.2. The first-order valence-electron chi connectivity index (χ1n) is 10.0. The number of primary amides is 1. The molecule has 2 amide bonds. The molecule has 0 saturated carbocycles. The van der Waals surface area contributed by atoms with Crippen LogP contribution >= 0.6 is 0 Å². The van der Waals surface area contributed by atoms with Crippen LogP contribution in [0.3, 0.4) is 0 Å². The normalized spacial score (nSPS) is 17.4. The van der Waals surface area contributed by atoms with Crippen molar-refractivity contribution in [1.29, 1.82) is 0 Å². The predicted molar refractivity (Wildman–Crippen MR) is 114 cm³/mol. The SMILES string of the molecule is NC(=O)c1cnc(Nc2ccc(N3CCCC3=O)cc2)cc1NC1CCNCC1. The van der Waals surface area contributed by atoms with Gasteiger partial charge < -0.3 is 26.6 Å². The van der Waals surface area contributed by atoms with Crippen LogP contribution in [0.15, 0.2) is 36.5 Å². The highest BCUT2D eigenvalue weighted by Crippen LogP contribution is 2.26. The second-order valence-corrected chi connectivity index (χ2v) is 7.47. The molecule has 5 N–H and O–H groups in total. The second kappa shape index (κ2) is 8.48. The molecule has 0 unspecified atom stereocenters. The van der Waals surface area contributed by atoms with E-state index in [9.17, 15) is 9.59 Å². The minimum absolute atomic E-state index is 0.169. The standard InChI is InChI=1S/C21H26N6O2/c22-21(29)17-13-24-19(12-18(17)25-15-7-9-23-10-8-15)26-14-3-5-16(6-4-14)27-11-1-2-20(27)28/h3-6,12-13,15,23H,1-2,7-11H2,(H2,22,29)(H2,24,25,26). The molecule has 2 aliphatic rings. The van der Waals surface area contributed by atoms with Gasteiger partial charge >= 0.3 is 0 Å². The molecule has 2 aromatic rings. The number of hydrogen-bond donors (Lipinski definition) is 4. The predicted octanol–water partition coefficient (Wildman–Crippen LogP) is 2.21. The minimum Gasteiger partial charge on any atom is -0.381 e. The lowest BCUT2D eigenvalue weighted by Gasteiger charge is -2.25. The Hall–Kier alpha value is -3.13. The van der Waals surface area contributed by atoms with E-state index in [0.29, 0.717) is 29.5 Å². The summed E-state index contributed by atoms with van der Waals surface area (Å²) in [6, 6.07) is 9.81. The molecule has 2 saturated heterocycles. The number of piperidine rings is 1. The summed E-state index contributed by atoms with van der Waals surface area (Å²) in [5.74, 6) is 0.291. The van der Waals surface area contributed by atoms with Gasteiger partial charge in [0, 0.05) is 42.6 Å². The highest BCUT2D eigenvalue weighted by atomic mass is 16.2. The van der Waals surface area contributed by atoms with Gasteiger partial charge in [0.05, 0.1) is 11.3 Å². The molecule has 3 heterocycles. The highest BCUT2D eigenvalue weighted by Gasteiger charge is 2.21. The van der Waals surface area contributed by atoms with Crippen LogP contribution in [0.25, 0.3) is 0 Å². The zero-order valence-corrected chi connectivity index (χ0v) is 16.3. The van der Waals surface area contributed by atoms with Crippen LogP contribution in [0, 0.1) is 0 Å². The Morgan fingerprint density at radius 1 is 1.21 bits per heavy atom. The Kier molecular flexibility index (Phi) is 5.62. The number of aromatic nitrogens is 1. The Morgan fingerprint density at radius 3 is 2.62 bits per heavy atom. The van der Waals surface area contributed by atoms with E-state index in [1.165, 1.54) is 6.20 Å². The summed E-state index contributed by atoms with van der Waals surface area (Å²) in [7, 11) is 0. The van der Waals surface area contributed by atoms with E-state index in [0.717, 1.165) is 50.3 Å². The number of anilines is 4. The zero-order chi connectivity index (χ0) is 20.2. The summed E-state index contributed by atoms with van der Waals surface area (Å²) in [6.45, 7) is 2.67. The van der Waals surface area contributed by atoms with Crippen LogP contribution in [0.1, 0.15) is 36.0 Å². The van der Waals surface area contributed by atoms with Crippen molar-refractivity contribution in [3.05, 3.63) is 42.1 Å². The smallest absolute Gasteiger partial charge is 0.252 e. The highest BCUT2D eigenvalue weighted by molar-refractivity contribution is 5.99. The molecular formula is C21H26N6O2. The minimum atomic E-state index is -0.500. The topological polar surface area (TPSA) is 112 Å². The Labute approximate surface area is 169 Å². The average Bonchev–Trinajstić information content (AvgIpc) is 3.15. The number of carbonyl (C=O) groups is 2. The molecule has 1 aromatic heterocycles. The third-order valence-corrected chi connectivity index (χ3v) is 5.39. The van der Waals surface area contributed by atoms with Gasteiger partial charge in [0.15, 0.2) is 0 Å². The number of nitrogens with two attached hydrogens (primary N) is 1. The first-order valence-corrected chi connectivity index (χ1v) is 10.0. The lowest BCUT2D eigenvalue weighted by molar-refractivity contribution is -0.117. The third kappa shape index (κ3) is 4.48. The summed E-state index contributed by atoms with van der Waals surface area (Å²) in [5.41, 5.74) is 8.37. The van der Waals surface area contributed by atoms with Gasteiger partial charge in [-0.3, -0.25) is 9.59 Å². The summed E-state index contributed by atoms with van der Waals surface area (Å²) in [6.07, 6.45) is 5.00. The van der Waals surface area contributed by atoms with Gasteiger partial charge in [-0.2, -0.15) is 0 Å². The molecule has 0 radical (unpaired) electrons. The van der Waals surface area contributed by atoms with Gasteiger partial charge in [-0.15, -0.1) is 0 Å². The third-order valence-electron chi connectivity index (χ3n) is 5.39. The largest absolute Gasteiger partial charge is 0.381 e. The van der Waals surface area contributed by atoms with Crippen molar-refractivity contribution in [3.63, 3.8) is 0 Å². The number of nitrogens with zero attached hydrogens (tertiary/aromatic N) is 2. The fourth-order valence-corrected chi connectivity index (χ4v) is 3.82. The van der Waals surface area contributed by atoms with Crippen molar-refractivity contribution in [3.8, 4) is 0 Å². The van der Waals surface area contributed by atoms with Crippen LogP contribution in [-0.2, 0) is 4.79 Å². The molecule has 0 bridgehead atoms. The van der Waals surface area contributed by atoms with Crippen molar-refractivity contribution in [2.75, 3.05) is 35.2 Å². The van der Waals surface area contributed by atoms with Gasteiger partial charge in [0.2, 0.25) is 5.91 Å². The quantitative estimate of drug-likeness (QED) is 0.598. The molecule has 8 nitrogen and oxygen atoms in total. The number of nitrogens with one attached hydrogen (secondary N) is 3. The van der Waals surface area contributed by atoms with Crippen LogP contribution in [0.5, 0.6) is 0 Å². The van der Waals surface area contributed by atoms with Gasteiger partial charge in [0.1, 0.15) is 5.82 Å².